The lowest BCUT2D eigenvalue weighted by Gasteiger charge is -2.04. The molecule has 1 rings (SSSR count). The Morgan fingerprint density at radius 1 is 1.67 bits per heavy atom. The van der Waals surface area contributed by atoms with E-state index in [0.717, 1.165) is 11.4 Å². The zero-order chi connectivity index (χ0) is 9.30. The lowest BCUT2D eigenvalue weighted by molar-refractivity contribution is -0.137. The van der Waals surface area contributed by atoms with Gasteiger partial charge in [-0.3, -0.25) is 4.79 Å². The number of hydrogen-bond acceptors (Lipinski definition) is 2. The van der Waals surface area contributed by atoms with Crippen LogP contribution in [0.3, 0.4) is 0 Å². The number of anilines is 1. The second-order valence-electron chi connectivity index (χ2n) is 2.81. The number of carboxylic acids is 1. The van der Waals surface area contributed by atoms with Crippen LogP contribution in [0.2, 0.25) is 0 Å². The van der Waals surface area contributed by atoms with Gasteiger partial charge in [0.1, 0.15) is 6.54 Å². The van der Waals surface area contributed by atoms with Crippen LogP contribution < -0.4 is 5.73 Å². The minimum atomic E-state index is -0.850. The van der Waals surface area contributed by atoms with E-state index in [0.29, 0.717) is 5.69 Å². The Hall–Kier alpha value is -1.45. The highest BCUT2D eigenvalue weighted by atomic mass is 16.4. The standard InChI is InChI=1S/C8H12N2O2/c1-5-3-7(9)6(2)10(5)4-8(11)12/h3H,4,9H2,1-2H3,(H,11,12). The molecule has 1 aromatic rings. The number of carbonyl (C=O) groups is 1. The number of aromatic nitrogens is 1. The third kappa shape index (κ3) is 1.42. The molecule has 0 atom stereocenters. The molecule has 0 amide bonds. The van der Waals surface area contributed by atoms with Crippen molar-refractivity contribution < 1.29 is 9.90 Å². The van der Waals surface area contributed by atoms with Crippen molar-refractivity contribution >= 4 is 11.7 Å². The predicted octanol–water partition coefficient (Wildman–Crippen LogP) is 0.772. The average molecular weight is 168 g/mol. The van der Waals surface area contributed by atoms with E-state index >= 15 is 0 Å². The van der Waals surface area contributed by atoms with Gasteiger partial charge in [0.25, 0.3) is 0 Å². The maximum atomic E-state index is 10.4. The van der Waals surface area contributed by atoms with Gasteiger partial charge in [-0.05, 0) is 19.9 Å². The fraction of sp³-hybridized carbons (Fsp3) is 0.375. The quantitative estimate of drug-likeness (QED) is 0.685. The molecule has 0 aliphatic carbocycles. The maximum absolute atomic E-state index is 10.4. The van der Waals surface area contributed by atoms with Crippen molar-refractivity contribution in [3.8, 4) is 0 Å². The first-order chi connectivity index (χ1) is 5.52. The van der Waals surface area contributed by atoms with Gasteiger partial charge in [-0.15, -0.1) is 0 Å². The number of carboxylic acid groups (broad SMARTS) is 1. The molecule has 0 saturated carbocycles. The first-order valence-electron chi connectivity index (χ1n) is 3.66. The molecule has 66 valence electrons. The van der Waals surface area contributed by atoms with Crippen LogP contribution in [0, 0.1) is 13.8 Å². The topological polar surface area (TPSA) is 68.2 Å². The van der Waals surface area contributed by atoms with Gasteiger partial charge in [-0.2, -0.15) is 0 Å². The highest BCUT2D eigenvalue weighted by Crippen LogP contribution is 2.15. The Kier molecular flexibility index (Phi) is 2.08. The van der Waals surface area contributed by atoms with Crippen LogP contribution in [0.15, 0.2) is 6.07 Å². The molecule has 0 bridgehead atoms. The number of aryl methyl sites for hydroxylation is 1. The van der Waals surface area contributed by atoms with E-state index in [9.17, 15) is 4.79 Å². The highest BCUT2D eigenvalue weighted by molar-refractivity contribution is 5.67. The van der Waals surface area contributed by atoms with E-state index in [-0.39, 0.29) is 6.54 Å². The van der Waals surface area contributed by atoms with Crippen molar-refractivity contribution in [2.24, 2.45) is 0 Å². The molecule has 0 aliphatic rings. The van der Waals surface area contributed by atoms with E-state index in [1.54, 1.807) is 10.6 Å². The van der Waals surface area contributed by atoms with Crippen LogP contribution in [0.4, 0.5) is 5.69 Å². The average Bonchev–Trinajstić information content (AvgIpc) is 2.16. The molecule has 4 heteroatoms. The molecule has 4 nitrogen and oxygen atoms in total. The van der Waals surface area contributed by atoms with E-state index in [4.69, 9.17) is 10.8 Å². The van der Waals surface area contributed by atoms with Crippen molar-refractivity contribution in [3.05, 3.63) is 17.5 Å². The predicted molar refractivity (Wildman–Crippen MR) is 46.0 cm³/mol. The molecule has 0 fully saturated rings. The first-order valence-corrected chi connectivity index (χ1v) is 3.66. The first kappa shape index (κ1) is 8.64. The van der Waals surface area contributed by atoms with Gasteiger partial charge in [-0.1, -0.05) is 0 Å². The highest BCUT2D eigenvalue weighted by Gasteiger charge is 2.08. The summed E-state index contributed by atoms with van der Waals surface area (Å²) in [5, 5.41) is 8.56. The SMILES string of the molecule is Cc1cc(N)c(C)n1CC(=O)O. The minimum absolute atomic E-state index is 0.0190. The van der Waals surface area contributed by atoms with Gasteiger partial charge in [0.05, 0.1) is 5.69 Å². The second-order valence-corrected chi connectivity index (χ2v) is 2.81. The molecular formula is C8H12N2O2. The van der Waals surface area contributed by atoms with Crippen molar-refractivity contribution in [3.63, 3.8) is 0 Å². The number of aliphatic carboxylic acids is 1. The Balaban J connectivity index is 3.05. The zero-order valence-electron chi connectivity index (χ0n) is 7.16. The molecule has 0 unspecified atom stereocenters. The lowest BCUT2D eigenvalue weighted by atomic mass is 10.4. The smallest absolute Gasteiger partial charge is 0.323 e. The van der Waals surface area contributed by atoms with Gasteiger partial charge in [0.2, 0.25) is 0 Å². The molecule has 1 aromatic heterocycles. The van der Waals surface area contributed by atoms with Gasteiger partial charge < -0.3 is 15.4 Å². The van der Waals surface area contributed by atoms with Crippen molar-refractivity contribution in [2.45, 2.75) is 20.4 Å². The summed E-state index contributed by atoms with van der Waals surface area (Å²) >= 11 is 0. The molecule has 0 aliphatic heterocycles. The number of rotatable bonds is 2. The van der Waals surface area contributed by atoms with Crippen LogP contribution in [0.25, 0.3) is 0 Å². The number of nitrogen functional groups attached to an aromatic ring is 1. The van der Waals surface area contributed by atoms with Crippen molar-refractivity contribution in [1.29, 1.82) is 0 Å². The third-order valence-corrected chi connectivity index (χ3v) is 1.91. The summed E-state index contributed by atoms with van der Waals surface area (Å²) in [6.45, 7) is 3.63. The molecule has 0 spiro atoms. The molecular weight excluding hydrogens is 156 g/mol. The molecule has 3 N–H and O–H groups in total. The molecule has 1 heterocycles. The van der Waals surface area contributed by atoms with E-state index in [1.807, 2.05) is 13.8 Å². The van der Waals surface area contributed by atoms with Crippen LogP contribution in [-0.4, -0.2) is 15.6 Å². The van der Waals surface area contributed by atoms with Crippen LogP contribution in [-0.2, 0) is 11.3 Å². The van der Waals surface area contributed by atoms with Crippen LogP contribution >= 0.6 is 0 Å². The van der Waals surface area contributed by atoms with E-state index in [2.05, 4.69) is 0 Å². The second kappa shape index (κ2) is 2.89. The minimum Gasteiger partial charge on any atom is -0.480 e. The number of hydrogen-bond donors (Lipinski definition) is 2. The molecule has 0 aromatic carbocycles. The molecule has 12 heavy (non-hydrogen) atoms. The fourth-order valence-corrected chi connectivity index (χ4v) is 1.21. The summed E-state index contributed by atoms with van der Waals surface area (Å²) in [4.78, 5) is 10.4. The monoisotopic (exact) mass is 168 g/mol. The summed E-state index contributed by atoms with van der Waals surface area (Å²) < 4.78 is 1.68. The fourth-order valence-electron chi connectivity index (χ4n) is 1.21. The van der Waals surface area contributed by atoms with Gasteiger partial charge >= 0.3 is 5.97 Å². The van der Waals surface area contributed by atoms with Crippen LogP contribution in [0.1, 0.15) is 11.4 Å². The Bertz CT molecular complexity index is 315. The van der Waals surface area contributed by atoms with E-state index in [1.165, 1.54) is 0 Å². The van der Waals surface area contributed by atoms with Gasteiger partial charge in [0, 0.05) is 11.4 Å². The summed E-state index contributed by atoms with van der Waals surface area (Å²) in [6.07, 6.45) is 0. The molecule has 0 radical (unpaired) electrons. The third-order valence-electron chi connectivity index (χ3n) is 1.91. The number of nitrogens with zero attached hydrogens (tertiary/aromatic N) is 1. The summed E-state index contributed by atoms with van der Waals surface area (Å²) in [7, 11) is 0. The maximum Gasteiger partial charge on any atom is 0.323 e. The zero-order valence-corrected chi connectivity index (χ0v) is 7.16. The Morgan fingerprint density at radius 2 is 2.25 bits per heavy atom. The van der Waals surface area contributed by atoms with Gasteiger partial charge in [-0.25, -0.2) is 0 Å². The lowest BCUT2D eigenvalue weighted by Crippen LogP contribution is -2.11. The van der Waals surface area contributed by atoms with Crippen molar-refractivity contribution in [1.82, 2.24) is 4.57 Å². The largest absolute Gasteiger partial charge is 0.480 e. The normalized spacial score (nSPS) is 10.2. The van der Waals surface area contributed by atoms with E-state index < -0.39 is 5.97 Å². The van der Waals surface area contributed by atoms with Crippen LogP contribution in [0.5, 0.6) is 0 Å². The summed E-state index contributed by atoms with van der Waals surface area (Å²) in [5.74, 6) is -0.850. The Labute approximate surface area is 70.6 Å². The molecule has 0 saturated heterocycles. The van der Waals surface area contributed by atoms with Gasteiger partial charge in [0.15, 0.2) is 0 Å². The van der Waals surface area contributed by atoms with Crippen molar-refractivity contribution in [2.75, 3.05) is 5.73 Å². The summed E-state index contributed by atoms with van der Waals surface area (Å²) in [6, 6.07) is 1.78. The Morgan fingerprint density at radius 3 is 2.58 bits per heavy atom. The summed E-state index contributed by atoms with van der Waals surface area (Å²) in [5.41, 5.74) is 7.95. The number of nitrogens with two attached hydrogens (primary N) is 1.